The van der Waals surface area contributed by atoms with Crippen LogP contribution < -0.4 is 5.32 Å². The first-order valence-corrected chi connectivity index (χ1v) is 8.04. The lowest BCUT2D eigenvalue weighted by atomic mass is 10.0. The average Bonchev–Trinajstić information content (AvgIpc) is 2.43. The van der Waals surface area contributed by atoms with Gasteiger partial charge in [-0.15, -0.1) is 0 Å². The van der Waals surface area contributed by atoms with E-state index in [1.54, 1.807) is 12.1 Å². The average molecular weight is 343 g/mol. The van der Waals surface area contributed by atoms with Gasteiger partial charge in [0.25, 0.3) is 5.69 Å². The smallest absolute Gasteiger partial charge is 0.283 e. The van der Waals surface area contributed by atoms with Crippen LogP contribution in [0.1, 0.15) is 51.5 Å². The highest BCUT2D eigenvalue weighted by Gasteiger charge is 2.13. The van der Waals surface area contributed by atoms with Crippen LogP contribution in [0.5, 0.6) is 0 Å². The third-order valence-electron chi connectivity index (χ3n) is 3.35. The lowest BCUT2D eigenvalue weighted by molar-refractivity contribution is -0.385. The summed E-state index contributed by atoms with van der Waals surface area (Å²) in [6, 6.07) is 5.81. The maximum atomic E-state index is 10.9. The molecule has 0 aliphatic heterocycles. The fraction of sp³-hybridized carbons (Fsp3) is 0.600. The third-order valence-corrected chi connectivity index (χ3v) is 4.02. The van der Waals surface area contributed by atoms with E-state index in [9.17, 15) is 10.1 Å². The molecular formula is C15H23BrN2O2. The van der Waals surface area contributed by atoms with Gasteiger partial charge in [0.2, 0.25) is 0 Å². The monoisotopic (exact) mass is 342 g/mol. The summed E-state index contributed by atoms with van der Waals surface area (Å²) in [6.45, 7) is 5.06. The maximum absolute atomic E-state index is 10.9. The predicted octanol–water partition coefficient (Wildman–Crippen LogP) is 4.81. The number of nitrogens with one attached hydrogen (secondary N) is 1. The Morgan fingerprint density at radius 1 is 1.30 bits per heavy atom. The van der Waals surface area contributed by atoms with E-state index >= 15 is 0 Å². The van der Waals surface area contributed by atoms with Crippen molar-refractivity contribution in [2.75, 3.05) is 0 Å². The van der Waals surface area contributed by atoms with Gasteiger partial charge < -0.3 is 5.32 Å². The standard InChI is InChI=1S/C15H23BrN2O2/c1-3-5-7-13(6-4-2)17-11-12-8-9-14(16)15(10-12)18(19)20/h8-10,13,17H,3-7,11H2,1-2H3. The van der Waals surface area contributed by atoms with Gasteiger partial charge in [0.05, 0.1) is 9.40 Å². The highest BCUT2D eigenvalue weighted by molar-refractivity contribution is 9.10. The number of benzene rings is 1. The molecule has 0 aliphatic carbocycles. The molecule has 0 bridgehead atoms. The van der Waals surface area contributed by atoms with Crippen molar-refractivity contribution in [3.8, 4) is 0 Å². The van der Waals surface area contributed by atoms with Gasteiger partial charge in [-0.05, 0) is 40.4 Å². The topological polar surface area (TPSA) is 55.2 Å². The molecule has 0 amide bonds. The Labute approximate surface area is 129 Å². The van der Waals surface area contributed by atoms with Crippen LogP contribution in [-0.2, 0) is 6.54 Å². The molecule has 1 rings (SSSR count). The van der Waals surface area contributed by atoms with Crippen molar-refractivity contribution >= 4 is 21.6 Å². The van der Waals surface area contributed by atoms with Crippen LogP contribution in [0.15, 0.2) is 22.7 Å². The number of halogens is 1. The summed E-state index contributed by atoms with van der Waals surface area (Å²) in [5.74, 6) is 0. The molecule has 0 radical (unpaired) electrons. The SMILES string of the molecule is CCCCC(CCC)NCc1ccc(Br)c([N+](=O)[O-])c1. The van der Waals surface area contributed by atoms with E-state index in [1.807, 2.05) is 6.07 Å². The molecule has 0 saturated heterocycles. The zero-order valence-electron chi connectivity index (χ0n) is 12.2. The number of hydrogen-bond acceptors (Lipinski definition) is 3. The molecule has 1 atom stereocenters. The molecule has 0 heterocycles. The van der Waals surface area contributed by atoms with Gasteiger partial charge in [-0.1, -0.05) is 39.2 Å². The molecule has 0 saturated carbocycles. The van der Waals surface area contributed by atoms with Crippen molar-refractivity contribution in [1.29, 1.82) is 0 Å². The van der Waals surface area contributed by atoms with E-state index < -0.39 is 0 Å². The maximum Gasteiger partial charge on any atom is 0.283 e. The molecule has 1 aromatic rings. The van der Waals surface area contributed by atoms with E-state index in [2.05, 4.69) is 35.1 Å². The summed E-state index contributed by atoms with van der Waals surface area (Å²) in [7, 11) is 0. The minimum atomic E-state index is -0.353. The fourth-order valence-corrected chi connectivity index (χ4v) is 2.61. The molecule has 20 heavy (non-hydrogen) atoms. The van der Waals surface area contributed by atoms with Crippen LogP contribution in [0.2, 0.25) is 0 Å². The van der Waals surface area contributed by atoms with Crippen LogP contribution in [0.4, 0.5) is 5.69 Å². The number of nitro benzene ring substituents is 1. The van der Waals surface area contributed by atoms with E-state index in [4.69, 9.17) is 0 Å². The Hall–Kier alpha value is -0.940. The van der Waals surface area contributed by atoms with Crippen molar-refractivity contribution in [3.05, 3.63) is 38.3 Å². The predicted molar refractivity (Wildman–Crippen MR) is 85.9 cm³/mol. The molecule has 1 aromatic carbocycles. The second-order valence-corrected chi connectivity index (χ2v) is 5.91. The Balaban J connectivity index is 2.62. The van der Waals surface area contributed by atoms with Crippen molar-refractivity contribution in [1.82, 2.24) is 5.32 Å². The van der Waals surface area contributed by atoms with Gasteiger partial charge in [-0.2, -0.15) is 0 Å². The van der Waals surface area contributed by atoms with Crippen LogP contribution in [0, 0.1) is 10.1 Å². The lowest BCUT2D eigenvalue weighted by Crippen LogP contribution is -2.28. The summed E-state index contributed by atoms with van der Waals surface area (Å²) in [5.41, 5.74) is 1.09. The molecule has 112 valence electrons. The molecular weight excluding hydrogens is 320 g/mol. The van der Waals surface area contributed by atoms with E-state index in [0.29, 0.717) is 17.1 Å². The number of nitrogens with zero attached hydrogens (tertiary/aromatic N) is 1. The second-order valence-electron chi connectivity index (χ2n) is 5.05. The van der Waals surface area contributed by atoms with E-state index in [-0.39, 0.29) is 10.6 Å². The van der Waals surface area contributed by atoms with Gasteiger partial charge in [0.15, 0.2) is 0 Å². The van der Waals surface area contributed by atoms with Crippen molar-refractivity contribution in [2.24, 2.45) is 0 Å². The fourth-order valence-electron chi connectivity index (χ4n) is 2.22. The Morgan fingerprint density at radius 2 is 2.05 bits per heavy atom. The van der Waals surface area contributed by atoms with E-state index in [0.717, 1.165) is 18.4 Å². The van der Waals surface area contributed by atoms with Crippen LogP contribution in [0.3, 0.4) is 0 Å². The number of hydrogen-bond donors (Lipinski definition) is 1. The Morgan fingerprint density at radius 3 is 2.65 bits per heavy atom. The lowest BCUT2D eigenvalue weighted by Gasteiger charge is -2.18. The zero-order chi connectivity index (χ0) is 15.0. The minimum Gasteiger partial charge on any atom is -0.310 e. The molecule has 4 nitrogen and oxygen atoms in total. The summed E-state index contributed by atoms with van der Waals surface area (Å²) in [4.78, 5) is 10.6. The Bertz CT molecular complexity index is 438. The molecule has 5 heteroatoms. The van der Waals surface area contributed by atoms with Gasteiger partial charge in [-0.3, -0.25) is 10.1 Å². The van der Waals surface area contributed by atoms with Crippen molar-refractivity contribution in [2.45, 2.75) is 58.5 Å². The van der Waals surface area contributed by atoms with Gasteiger partial charge in [-0.25, -0.2) is 0 Å². The molecule has 1 N–H and O–H groups in total. The summed E-state index contributed by atoms with van der Waals surface area (Å²) < 4.78 is 0.530. The molecule has 0 fully saturated rings. The number of nitro groups is 1. The van der Waals surface area contributed by atoms with Gasteiger partial charge >= 0.3 is 0 Å². The van der Waals surface area contributed by atoms with Crippen molar-refractivity contribution < 1.29 is 4.92 Å². The minimum absolute atomic E-state index is 0.130. The molecule has 0 spiro atoms. The highest BCUT2D eigenvalue weighted by Crippen LogP contribution is 2.25. The first-order chi connectivity index (χ1) is 9.58. The molecule has 0 aliphatic rings. The highest BCUT2D eigenvalue weighted by atomic mass is 79.9. The zero-order valence-corrected chi connectivity index (χ0v) is 13.8. The van der Waals surface area contributed by atoms with Crippen LogP contribution in [-0.4, -0.2) is 11.0 Å². The summed E-state index contributed by atoms with van der Waals surface area (Å²) >= 11 is 3.21. The van der Waals surface area contributed by atoms with Gasteiger partial charge in [0, 0.05) is 18.7 Å². The van der Waals surface area contributed by atoms with Gasteiger partial charge in [0.1, 0.15) is 0 Å². The second kappa shape index (κ2) is 9.08. The van der Waals surface area contributed by atoms with E-state index in [1.165, 1.54) is 19.3 Å². The normalized spacial score (nSPS) is 12.3. The molecule has 1 unspecified atom stereocenters. The van der Waals surface area contributed by atoms with Crippen LogP contribution in [0.25, 0.3) is 0 Å². The number of rotatable bonds is 9. The first-order valence-electron chi connectivity index (χ1n) is 7.24. The van der Waals surface area contributed by atoms with Crippen molar-refractivity contribution in [3.63, 3.8) is 0 Å². The molecule has 0 aromatic heterocycles. The first kappa shape index (κ1) is 17.1. The Kier molecular flexibility index (Phi) is 7.77. The largest absolute Gasteiger partial charge is 0.310 e. The quantitative estimate of drug-likeness (QED) is 0.517. The third kappa shape index (κ3) is 5.59. The summed E-state index contributed by atoms with van der Waals surface area (Å²) in [6.07, 6.45) is 5.90. The number of unbranched alkanes of at least 4 members (excludes halogenated alkanes) is 1. The summed E-state index contributed by atoms with van der Waals surface area (Å²) in [5, 5.41) is 14.4. The van der Waals surface area contributed by atoms with Crippen LogP contribution >= 0.6 is 15.9 Å².